The lowest BCUT2D eigenvalue weighted by Crippen LogP contribution is -2.24. The minimum absolute atomic E-state index is 0.0104. The van der Waals surface area contributed by atoms with Gasteiger partial charge in [0.2, 0.25) is 0 Å². The summed E-state index contributed by atoms with van der Waals surface area (Å²) in [4.78, 5) is 0. The minimum Gasteiger partial charge on any atom is -0.394 e. The molecule has 62 valence electrons. The van der Waals surface area contributed by atoms with E-state index in [1.165, 1.54) is 0 Å². The standard InChI is InChI=1S/C7H16O3/c1-3-7(5-9)10-6(2)4-8/h6-9H,3-5H2,1-2H3/t6-,7-/m1/s1. The average molecular weight is 148 g/mol. The molecule has 0 aliphatic carbocycles. The molecular formula is C7H16O3. The molecule has 0 aromatic rings. The van der Waals surface area contributed by atoms with Crippen molar-refractivity contribution in [3.8, 4) is 0 Å². The minimum atomic E-state index is -0.169. The average Bonchev–Trinajstić information content (AvgIpc) is 1.99. The van der Waals surface area contributed by atoms with Gasteiger partial charge in [-0.3, -0.25) is 0 Å². The van der Waals surface area contributed by atoms with Crippen molar-refractivity contribution >= 4 is 0 Å². The summed E-state index contributed by atoms with van der Waals surface area (Å²) in [6, 6.07) is 0. The topological polar surface area (TPSA) is 49.7 Å². The summed E-state index contributed by atoms with van der Waals surface area (Å²) in [7, 11) is 0. The Kier molecular flexibility index (Phi) is 5.58. The maximum atomic E-state index is 8.66. The zero-order valence-corrected chi connectivity index (χ0v) is 6.58. The van der Waals surface area contributed by atoms with Crippen molar-refractivity contribution < 1.29 is 14.9 Å². The number of hydrogen-bond donors (Lipinski definition) is 2. The van der Waals surface area contributed by atoms with Crippen LogP contribution in [0.5, 0.6) is 0 Å². The van der Waals surface area contributed by atoms with Gasteiger partial charge in [-0.25, -0.2) is 0 Å². The van der Waals surface area contributed by atoms with Gasteiger partial charge in [-0.05, 0) is 13.3 Å². The van der Waals surface area contributed by atoms with E-state index in [4.69, 9.17) is 14.9 Å². The van der Waals surface area contributed by atoms with Crippen LogP contribution in [0.3, 0.4) is 0 Å². The Hall–Kier alpha value is -0.120. The number of ether oxygens (including phenoxy) is 1. The van der Waals surface area contributed by atoms with Gasteiger partial charge in [0.15, 0.2) is 0 Å². The first kappa shape index (κ1) is 9.88. The highest BCUT2D eigenvalue weighted by molar-refractivity contribution is 4.55. The van der Waals surface area contributed by atoms with Crippen molar-refractivity contribution in [1.29, 1.82) is 0 Å². The van der Waals surface area contributed by atoms with Gasteiger partial charge in [-0.2, -0.15) is 0 Å². The summed E-state index contributed by atoms with van der Waals surface area (Å²) in [6.07, 6.45) is 0.486. The molecule has 0 spiro atoms. The molecule has 0 amide bonds. The summed E-state index contributed by atoms with van der Waals surface area (Å²) < 4.78 is 5.20. The van der Waals surface area contributed by atoms with Gasteiger partial charge < -0.3 is 14.9 Å². The van der Waals surface area contributed by atoms with Crippen LogP contribution in [-0.4, -0.2) is 35.6 Å². The lowest BCUT2D eigenvalue weighted by atomic mass is 10.3. The molecule has 0 fully saturated rings. The molecule has 2 N–H and O–H groups in total. The molecule has 0 saturated carbocycles. The smallest absolute Gasteiger partial charge is 0.0807 e. The second-order valence-corrected chi connectivity index (χ2v) is 2.34. The molecule has 0 aliphatic heterocycles. The van der Waals surface area contributed by atoms with Crippen molar-refractivity contribution in [2.75, 3.05) is 13.2 Å². The molecule has 3 nitrogen and oxygen atoms in total. The highest BCUT2D eigenvalue weighted by Crippen LogP contribution is 2.00. The van der Waals surface area contributed by atoms with Crippen molar-refractivity contribution in [2.24, 2.45) is 0 Å². The SMILES string of the molecule is CC[C@H](CO)O[C@H](C)CO. The Balaban J connectivity index is 3.41. The van der Waals surface area contributed by atoms with Crippen LogP contribution in [0.4, 0.5) is 0 Å². The molecule has 0 unspecified atom stereocenters. The monoisotopic (exact) mass is 148 g/mol. The van der Waals surface area contributed by atoms with E-state index in [1.54, 1.807) is 6.92 Å². The summed E-state index contributed by atoms with van der Waals surface area (Å²) in [6.45, 7) is 3.75. The van der Waals surface area contributed by atoms with E-state index in [0.717, 1.165) is 6.42 Å². The van der Waals surface area contributed by atoms with Gasteiger partial charge in [-0.1, -0.05) is 6.92 Å². The zero-order chi connectivity index (χ0) is 7.98. The van der Waals surface area contributed by atoms with E-state index < -0.39 is 0 Å². The Bertz CT molecular complexity index is 71.3. The normalized spacial score (nSPS) is 16.8. The van der Waals surface area contributed by atoms with Crippen LogP contribution < -0.4 is 0 Å². The summed E-state index contributed by atoms with van der Waals surface area (Å²) >= 11 is 0. The van der Waals surface area contributed by atoms with Gasteiger partial charge in [0, 0.05) is 0 Å². The van der Waals surface area contributed by atoms with E-state index in [2.05, 4.69) is 0 Å². The zero-order valence-electron chi connectivity index (χ0n) is 6.58. The molecule has 0 radical (unpaired) electrons. The van der Waals surface area contributed by atoms with Crippen molar-refractivity contribution in [2.45, 2.75) is 32.5 Å². The second-order valence-electron chi connectivity index (χ2n) is 2.34. The van der Waals surface area contributed by atoms with Crippen molar-refractivity contribution in [3.63, 3.8) is 0 Å². The quantitative estimate of drug-likeness (QED) is 0.583. The Morgan fingerprint density at radius 3 is 2.20 bits per heavy atom. The number of aliphatic hydroxyl groups excluding tert-OH is 2. The van der Waals surface area contributed by atoms with Crippen LogP contribution >= 0.6 is 0 Å². The molecule has 3 heteroatoms. The number of aliphatic hydroxyl groups is 2. The van der Waals surface area contributed by atoms with Crippen LogP contribution in [0, 0.1) is 0 Å². The van der Waals surface area contributed by atoms with Gasteiger partial charge in [0.1, 0.15) is 0 Å². The summed E-state index contributed by atoms with van der Waals surface area (Å²) in [5, 5.41) is 17.2. The van der Waals surface area contributed by atoms with Gasteiger partial charge in [-0.15, -0.1) is 0 Å². The van der Waals surface area contributed by atoms with Crippen LogP contribution in [0.25, 0.3) is 0 Å². The van der Waals surface area contributed by atoms with Crippen LogP contribution in [0.15, 0.2) is 0 Å². The molecule has 0 heterocycles. The van der Waals surface area contributed by atoms with Crippen molar-refractivity contribution in [1.82, 2.24) is 0 Å². The first-order chi connectivity index (χ1) is 4.74. The lowest BCUT2D eigenvalue weighted by Gasteiger charge is -2.17. The molecular weight excluding hydrogens is 132 g/mol. The third-order valence-electron chi connectivity index (χ3n) is 1.34. The molecule has 0 saturated heterocycles. The van der Waals surface area contributed by atoms with Crippen LogP contribution in [0.1, 0.15) is 20.3 Å². The highest BCUT2D eigenvalue weighted by Gasteiger charge is 2.08. The molecule has 0 aliphatic rings. The molecule has 0 aromatic heterocycles. The maximum Gasteiger partial charge on any atom is 0.0807 e. The predicted molar refractivity (Wildman–Crippen MR) is 38.8 cm³/mol. The van der Waals surface area contributed by atoms with E-state index in [9.17, 15) is 0 Å². The molecule has 0 bridgehead atoms. The first-order valence-electron chi connectivity index (χ1n) is 3.61. The fraction of sp³-hybridized carbons (Fsp3) is 1.00. The Morgan fingerprint density at radius 2 is 1.90 bits per heavy atom. The van der Waals surface area contributed by atoms with Crippen LogP contribution in [-0.2, 0) is 4.74 Å². The first-order valence-corrected chi connectivity index (χ1v) is 3.61. The number of rotatable bonds is 5. The molecule has 0 rings (SSSR count). The van der Waals surface area contributed by atoms with Gasteiger partial charge in [0.05, 0.1) is 25.4 Å². The third-order valence-corrected chi connectivity index (χ3v) is 1.34. The van der Waals surface area contributed by atoms with E-state index >= 15 is 0 Å². The third kappa shape index (κ3) is 3.82. The van der Waals surface area contributed by atoms with E-state index in [1.807, 2.05) is 6.92 Å². The fourth-order valence-electron chi connectivity index (χ4n) is 0.640. The molecule has 10 heavy (non-hydrogen) atoms. The largest absolute Gasteiger partial charge is 0.394 e. The second kappa shape index (κ2) is 5.65. The Morgan fingerprint density at radius 1 is 1.30 bits per heavy atom. The van der Waals surface area contributed by atoms with Crippen molar-refractivity contribution in [3.05, 3.63) is 0 Å². The van der Waals surface area contributed by atoms with E-state index in [0.29, 0.717) is 0 Å². The molecule has 2 atom stereocenters. The fourth-order valence-corrected chi connectivity index (χ4v) is 0.640. The predicted octanol–water partition coefficient (Wildman–Crippen LogP) is 0.155. The van der Waals surface area contributed by atoms with Gasteiger partial charge in [0.25, 0.3) is 0 Å². The lowest BCUT2D eigenvalue weighted by molar-refractivity contribution is -0.0525. The van der Waals surface area contributed by atoms with Gasteiger partial charge >= 0.3 is 0 Å². The van der Waals surface area contributed by atoms with Crippen LogP contribution in [0.2, 0.25) is 0 Å². The Labute approximate surface area is 61.6 Å². The summed E-state index contributed by atoms with van der Waals surface area (Å²) in [5.74, 6) is 0. The highest BCUT2D eigenvalue weighted by atomic mass is 16.5. The maximum absolute atomic E-state index is 8.66. The summed E-state index contributed by atoms with van der Waals surface area (Å²) in [5.41, 5.74) is 0. The van der Waals surface area contributed by atoms with E-state index in [-0.39, 0.29) is 25.4 Å². The number of hydrogen-bond acceptors (Lipinski definition) is 3. The molecule has 0 aromatic carbocycles.